The van der Waals surface area contributed by atoms with Gasteiger partial charge >= 0.3 is 0 Å². The van der Waals surface area contributed by atoms with Gasteiger partial charge in [0.1, 0.15) is 12.2 Å². The molecule has 0 aromatic rings. The molecule has 5 heteroatoms. The van der Waals surface area contributed by atoms with E-state index in [-0.39, 0.29) is 24.6 Å². The Kier molecular flexibility index (Phi) is 10.1. The SMILES string of the molecule is C/C=C\O[C@@H]1CC(OCCCCCCCCCC)[C@@H]2OC(C)(C)OCC2O1. The third kappa shape index (κ3) is 8.10. The van der Waals surface area contributed by atoms with Gasteiger partial charge < -0.3 is 23.7 Å². The van der Waals surface area contributed by atoms with Crippen LogP contribution in [0.1, 0.15) is 85.5 Å². The first kappa shape index (κ1) is 22.7. The zero-order chi connectivity index (χ0) is 19.5. The maximum Gasteiger partial charge on any atom is 0.202 e. The molecule has 0 saturated carbocycles. The molecule has 0 aromatic carbocycles. The van der Waals surface area contributed by atoms with Crippen LogP contribution in [0.25, 0.3) is 0 Å². The summed E-state index contributed by atoms with van der Waals surface area (Å²) in [7, 11) is 0. The smallest absolute Gasteiger partial charge is 0.202 e. The van der Waals surface area contributed by atoms with Gasteiger partial charge in [-0.2, -0.15) is 0 Å². The van der Waals surface area contributed by atoms with E-state index in [1.165, 1.54) is 44.9 Å². The van der Waals surface area contributed by atoms with E-state index in [0.29, 0.717) is 13.0 Å². The molecular weight excluding hydrogens is 344 g/mol. The van der Waals surface area contributed by atoms with Crippen LogP contribution in [0, 0.1) is 0 Å². The molecule has 2 saturated heterocycles. The molecule has 0 spiro atoms. The van der Waals surface area contributed by atoms with Gasteiger partial charge in [-0.25, -0.2) is 0 Å². The van der Waals surface area contributed by atoms with Crippen molar-refractivity contribution < 1.29 is 23.7 Å². The van der Waals surface area contributed by atoms with E-state index in [9.17, 15) is 0 Å². The third-order valence-corrected chi connectivity index (χ3v) is 5.20. The normalized spacial score (nSPS) is 30.4. The van der Waals surface area contributed by atoms with Crippen LogP contribution in [0.4, 0.5) is 0 Å². The van der Waals surface area contributed by atoms with Crippen LogP contribution in [-0.2, 0) is 23.7 Å². The Balaban J connectivity index is 1.73. The Bertz CT molecular complexity index is 423. The molecular formula is C22H40O5. The molecule has 2 aliphatic rings. The Morgan fingerprint density at radius 1 is 1.04 bits per heavy atom. The van der Waals surface area contributed by atoms with Crippen molar-refractivity contribution in [2.45, 2.75) is 116 Å². The number of hydrogen-bond acceptors (Lipinski definition) is 5. The zero-order valence-corrected chi connectivity index (χ0v) is 17.8. The van der Waals surface area contributed by atoms with Gasteiger partial charge in [0, 0.05) is 13.0 Å². The summed E-state index contributed by atoms with van der Waals surface area (Å²) in [5.74, 6) is -0.596. The third-order valence-electron chi connectivity index (χ3n) is 5.20. The molecule has 0 bridgehead atoms. The summed E-state index contributed by atoms with van der Waals surface area (Å²) >= 11 is 0. The zero-order valence-electron chi connectivity index (χ0n) is 17.8. The Hall–Kier alpha value is -0.620. The van der Waals surface area contributed by atoms with Crippen molar-refractivity contribution in [3.63, 3.8) is 0 Å². The van der Waals surface area contributed by atoms with E-state index in [1.54, 1.807) is 6.26 Å². The molecule has 2 heterocycles. The molecule has 5 nitrogen and oxygen atoms in total. The minimum atomic E-state index is -0.596. The largest absolute Gasteiger partial charge is 0.473 e. The fraction of sp³-hybridized carbons (Fsp3) is 0.909. The summed E-state index contributed by atoms with van der Waals surface area (Å²) in [5.41, 5.74) is 0. The van der Waals surface area contributed by atoms with E-state index in [4.69, 9.17) is 23.7 Å². The number of unbranched alkanes of at least 4 members (excludes halogenated alkanes) is 7. The van der Waals surface area contributed by atoms with Crippen LogP contribution < -0.4 is 0 Å². The summed E-state index contributed by atoms with van der Waals surface area (Å²) in [5, 5.41) is 0. The molecule has 2 fully saturated rings. The molecule has 0 radical (unpaired) electrons. The van der Waals surface area contributed by atoms with Crippen LogP contribution in [0.5, 0.6) is 0 Å². The van der Waals surface area contributed by atoms with Crippen molar-refractivity contribution in [1.29, 1.82) is 0 Å². The minimum absolute atomic E-state index is 0.0215. The molecule has 2 aliphatic heterocycles. The van der Waals surface area contributed by atoms with Gasteiger partial charge in [0.05, 0.1) is 19.0 Å². The van der Waals surface area contributed by atoms with Crippen molar-refractivity contribution in [3.05, 3.63) is 12.3 Å². The van der Waals surface area contributed by atoms with Gasteiger partial charge in [-0.3, -0.25) is 0 Å². The van der Waals surface area contributed by atoms with Crippen molar-refractivity contribution in [2.75, 3.05) is 13.2 Å². The summed E-state index contributed by atoms with van der Waals surface area (Å²) in [6.07, 6.45) is 14.0. The van der Waals surface area contributed by atoms with E-state index in [1.807, 2.05) is 26.8 Å². The van der Waals surface area contributed by atoms with Crippen LogP contribution in [0.3, 0.4) is 0 Å². The Morgan fingerprint density at radius 3 is 2.44 bits per heavy atom. The molecule has 2 rings (SSSR count). The monoisotopic (exact) mass is 384 g/mol. The maximum absolute atomic E-state index is 6.24. The number of rotatable bonds is 12. The predicted molar refractivity (Wildman–Crippen MR) is 106 cm³/mol. The van der Waals surface area contributed by atoms with Crippen LogP contribution in [0.15, 0.2) is 12.3 Å². The van der Waals surface area contributed by atoms with Crippen molar-refractivity contribution in [3.8, 4) is 0 Å². The van der Waals surface area contributed by atoms with Gasteiger partial charge in [0.2, 0.25) is 6.29 Å². The lowest BCUT2D eigenvalue weighted by atomic mass is 9.99. The predicted octanol–water partition coefficient (Wildman–Crippen LogP) is 5.33. The molecule has 158 valence electrons. The van der Waals surface area contributed by atoms with E-state index >= 15 is 0 Å². The van der Waals surface area contributed by atoms with Crippen LogP contribution in [-0.4, -0.2) is 43.6 Å². The number of allylic oxidation sites excluding steroid dienone is 1. The molecule has 0 aliphatic carbocycles. The van der Waals surface area contributed by atoms with Gasteiger partial charge in [0.25, 0.3) is 0 Å². The summed E-state index contributed by atoms with van der Waals surface area (Å²) in [6, 6.07) is 0. The lowest BCUT2D eigenvalue weighted by Gasteiger charge is -2.47. The average molecular weight is 385 g/mol. The van der Waals surface area contributed by atoms with Crippen LogP contribution in [0.2, 0.25) is 0 Å². The molecule has 2 unspecified atom stereocenters. The van der Waals surface area contributed by atoms with Crippen molar-refractivity contribution >= 4 is 0 Å². The fourth-order valence-corrected chi connectivity index (χ4v) is 3.71. The Labute approximate surface area is 165 Å². The second kappa shape index (κ2) is 12.1. The second-order valence-corrected chi connectivity index (χ2v) is 8.12. The summed E-state index contributed by atoms with van der Waals surface area (Å²) < 4.78 is 29.8. The molecule has 0 aromatic heterocycles. The van der Waals surface area contributed by atoms with E-state index in [0.717, 1.165) is 13.0 Å². The van der Waals surface area contributed by atoms with Crippen molar-refractivity contribution in [1.82, 2.24) is 0 Å². The van der Waals surface area contributed by atoms with Gasteiger partial charge in [-0.1, -0.05) is 57.9 Å². The first-order valence-electron chi connectivity index (χ1n) is 10.9. The number of fused-ring (bicyclic) bond motifs is 1. The summed E-state index contributed by atoms with van der Waals surface area (Å²) in [6.45, 7) is 9.35. The van der Waals surface area contributed by atoms with E-state index in [2.05, 4.69) is 6.92 Å². The summed E-state index contributed by atoms with van der Waals surface area (Å²) in [4.78, 5) is 0. The van der Waals surface area contributed by atoms with Crippen LogP contribution >= 0.6 is 0 Å². The van der Waals surface area contributed by atoms with Crippen molar-refractivity contribution in [2.24, 2.45) is 0 Å². The number of hydrogen-bond donors (Lipinski definition) is 0. The Morgan fingerprint density at radius 2 is 1.74 bits per heavy atom. The highest BCUT2D eigenvalue weighted by molar-refractivity contribution is 4.90. The topological polar surface area (TPSA) is 46.2 Å². The lowest BCUT2D eigenvalue weighted by molar-refractivity contribution is -0.363. The molecule has 0 N–H and O–H groups in total. The standard InChI is InChI=1S/C22H40O5/c1-5-7-8-9-10-11-12-13-15-23-18-16-20(24-14-6-2)26-19-17-25-22(3,4)27-21(18)19/h6,14,18-21H,5,7-13,15-17H2,1-4H3/b14-6-/t18?,19?,20-,21-/m0/s1. The minimum Gasteiger partial charge on any atom is -0.473 e. The highest BCUT2D eigenvalue weighted by Crippen LogP contribution is 2.34. The highest BCUT2D eigenvalue weighted by atomic mass is 16.8. The quantitative estimate of drug-likeness (QED) is 0.336. The second-order valence-electron chi connectivity index (χ2n) is 8.12. The molecule has 27 heavy (non-hydrogen) atoms. The van der Waals surface area contributed by atoms with Gasteiger partial charge in [-0.15, -0.1) is 0 Å². The molecule has 4 atom stereocenters. The first-order valence-corrected chi connectivity index (χ1v) is 10.9. The highest BCUT2D eigenvalue weighted by Gasteiger charge is 2.47. The first-order chi connectivity index (χ1) is 13.1. The number of ether oxygens (including phenoxy) is 5. The van der Waals surface area contributed by atoms with Gasteiger partial charge in [-0.05, 0) is 27.2 Å². The molecule has 0 amide bonds. The fourth-order valence-electron chi connectivity index (χ4n) is 3.71. The average Bonchev–Trinajstić information content (AvgIpc) is 2.64. The maximum atomic E-state index is 6.24. The van der Waals surface area contributed by atoms with Gasteiger partial charge in [0.15, 0.2) is 5.79 Å². The van der Waals surface area contributed by atoms with E-state index < -0.39 is 5.79 Å². The lowest BCUT2D eigenvalue weighted by Crippen LogP contribution is -2.59.